The summed E-state index contributed by atoms with van der Waals surface area (Å²) in [6, 6.07) is 8.35. The highest BCUT2D eigenvalue weighted by Gasteiger charge is 2.13. The van der Waals surface area contributed by atoms with E-state index in [0.29, 0.717) is 16.7 Å². The Hall–Kier alpha value is -2.40. The summed E-state index contributed by atoms with van der Waals surface area (Å²) in [5.41, 5.74) is 1.74. The van der Waals surface area contributed by atoms with Crippen molar-refractivity contribution in [2.24, 2.45) is 0 Å². The molecule has 0 saturated heterocycles. The van der Waals surface area contributed by atoms with Crippen LogP contribution in [0.1, 0.15) is 20.7 Å². The Morgan fingerprint density at radius 2 is 1.90 bits per heavy atom. The fourth-order valence-corrected chi connectivity index (χ4v) is 2.03. The molecule has 1 aromatic carbocycles. The monoisotopic (exact) mass is 304 g/mol. The van der Waals surface area contributed by atoms with Crippen molar-refractivity contribution < 1.29 is 14.7 Å². The van der Waals surface area contributed by atoms with Crippen LogP contribution in [0.2, 0.25) is 5.15 Å². The molecule has 0 aliphatic heterocycles. The summed E-state index contributed by atoms with van der Waals surface area (Å²) in [7, 11) is 3.34. The topological polar surface area (TPSA) is 70.5 Å². The third kappa shape index (κ3) is 3.20. The molecule has 0 unspecified atom stereocenters. The van der Waals surface area contributed by atoms with E-state index in [1.165, 1.54) is 17.2 Å². The van der Waals surface area contributed by atoms with Crippen molar-refractivity contribution in [2.75, 3.05) is 14.1 Å². The Morgan fingerprint density at radius 1 is 1.19 bits per heavy atom. The Balaban J connectivity index is 2.48. The number of carbonyl (C=O) groups excluding carboxylic acids is 1. The number of aromatic nitrogens is 1. The quantitative estimate of drug-likeness (QED) is 0.885. The van der Waals surface area contributed by atoms with Crippen molar-refractivity contribution in [1.82, 2.24) is 9.88 Å². The zero-order valence-electron chi connectivity index (χ0n) is 11.5. The van der Waals surface area contributed by atoms with Gasteiger partial charge in [0.15, 0.2) is 0 Å². The molecule has 1 amide bonds. The lowest BCUT2D eigenvalue weighted by Crippen LogP contribution is -2.21. The predicted octanol–water partition coefficient (Wildman–Crippen LogP) is 2.80. The van der Waals surface area contributed by atoms with Crippen molar-refractivity contribution in [3.63, 3.8) is 0 Å². The molecule has 0 aliphatic carbocycles. The van der Waals surface area contributed by atoms with Crippen LogP contribution in [0.4, 0.5) is 0 Å². The maximum atomic E-state index is 12.0. The molecule has 1 N–H and O–H groups in total. The Morgan fingerprint density at radius 3 is 2.52 bits per heavy atom. The zero-order valence-corrected chi connectivity index (χ0v) is 12.3. The molecular weight excluding hydrogens is 292 g/mol. The minimum atomic E-state index is -1.14. The molecule has 0 bridgehead atoms. The van der Waals surface area contributed by atoms with Gasteiger partial charge in [0.05, 0.1) is 5.56 Å². The maximum absolute atomic E-state index is 12.0. The lowest BCUT2D eigenvalue weighted by molar-refractivity contribution is 0.0696. The molecule has 0 aliphatic rings. The summed E-state index contributed by atoms with van der Waals surface area (Å²) >= 11 is 5.75. The summed E-state index contributed by atoms with van der Waals surface area (Å²) in [6.45, 7) is 0. The average molecular weight is 305 g/mol. The minimum Gasteiger partial charge on any atom is -0.478 e. The van der Waals surface area contributed by atoms with Gasteiger partial charge >= 0.3 is 5.97 Å². The Labute approximate surface area is 126 Å². The van der Waals surface area contributed by atoms with E-state index in [-0.39, 0.29) is 16.6 Å². The highest BCUT2D eigenvalue weighted by molar-refractivity contribution is 6.32. The number of pyridine rings is 1. The van der Waals surface area contributed by atoms with Crippen molar-refractivity contribution in [3.8, 4) is 11.1 Å². The number of halogens is 1. The molecule has 2 aromatic rings. The third-order valence-corrected chi connectivity index (χ3v) is 3.22. The molecule has 0 saturated carbocycles. The van der Waals surface area contributed by atoms with Crippen LogP contribution in [0.3, 0.4) is 0 Å². The summed E-state index contributed by atoms with van der Waals surface area (Å²) in [5, 5.41) is 9.00. The average Bonchev–Trinajstić information content (AvgIpc) is 2.46. The highest BCUT2D eigenvalue weighted by Crippen LogP contribution is 2.24. The van der Waals surface area contributed by atoms with Crippen molar-refractivity contribution in [1.29, 1.82) is 0 Å². The number of hydrogen-bond donors (Lipinski definition) is 1. The fraction of sp³-hybridized carbons (Fsp3) is 0.133. The highest BCUT2D eigenvalue weighted by atomic mass is 35.5. The van der Waals surface area contributed by atoms with Gasteiger partial charge in [0, 0.05) is 31.4 Å². The number of hydrogen-bond acceptors (Lipinski definition) is 3. The number of aromatic carboxylic acids is 1. The van der Waals surface area contributed by atoms with E-state index in [0.717, 1.165) is 0 Å². The van der Waals surface area contributed by atoms with Gasteiger partial charge in [-0.1, -0.05) is 23.7 Å². The number of nitrogens with zero attached hydrogens (tertiary/aromatic N) is 2. The first kappa shape index (κ1) is 15.0. The number of benzene rings is 1. The Bertz CT molecular complexity index is 714. The molecule has 0 spiro atoms. The first-order chi connectivity index (χ1) is 9.90. The minimum absolute atomic E-state index is 0.0632. The number of carboxylic acids is 1. The van der Waals surface area contributed by atoms with Crippen LogP contribution in [0.25, 0.3) is 11.1 Å². The van der Waals surface area contributed by atoms with E-state index in [4.69, 9.17) is 16.7 Å². The summed E-state index contributed by atoms with van der Waals surface area (Å²) in [4.78, 5) is 28.4. The van der Waals surface area contributed by atoms with Crippen molar-refractivity contribution in [3.05, 3.63) is 52.8 Å². The van der Waals surface area contributed by atoms with Crippen molar-refractivity contribution in [2.45, 2.75) is 0 Å². The van der Waals surface area contributed by atoms with E-state index in [2.05, 4.69) is 4.98 Å². The molecular formula is C15H13ClN2O3. The number of carboxylic acid groups (broad SMARTS) is 1. The van der Waals surface area contributed by atoms with Crippen LogP contribution in [-0.4, -0.2) is 41.0 Å². The van der Waals surface area contributed by atoms with Gasteiger partial charge in [-0.2, -0.15) is 0 Å². The first-order valence-electron chi connectivity index (χ1n) is 6.11. The van der Waals surface area contributed by atoms with Crippen molar-refractivity contribution >= 4 is 23.5 Å². The smallest absolute Gasteiger partial charge is 0.338 e. The van der Waals surface area contributed by atoms with Gasteiger partial charge in [-0.25, -0.2) is 9.78 Å². The van der Waals surface area contributed by atoms with E-state index < -0.39 is 5.97 Å². The second-order valence-corrected chi connectivity index (χ2v) is 5.01. The van der Waals surface area contributed by atoms with Crippen LogP contribution < -0.4 is 0 Å². The van der Waals surface area contributed by atoms with E-state index in [9.17, 15) is 9.59 Å². The first-order valence-corrected chi connectivity index (χ1v) is 6.49. The summed E-state index contributed by atoms with van der Waals surface area (Å²) in [5.74, 6) is -1.27. The van der Waals surface area contributed by atoms with Crippen LogP contribution in [0, 0.1) is 0 Å². The number of amides is 1. The van der Waals surface area contributed by atoms with E-state index in [1.807, 2.05) is 0 Å². The van der Waals surface area contributed by atoms with Gasteiger partial charge in [0.25, 0.3) is 5.91 Å². The van der Waals surface area contributed by atoms with E-state index >= 15 is 0 Å². The predicted molar refractivity (Wildman–Crippen MR) is 79.7 cm³/mol. The lowest BCUT2D eigenvalue weighted by atomic mass is 10.0. The second-order valence-electron chi connectivity index (χ2n) is 4.65. The Kier molecular flexibility index (Phi) is 4.23. The fourth-order valence-electron chi connectivity index (χ4n) is 1.85. The van der Waals surface area contributed by atoms with Crippen LogP contribution >= 0.6 is 11.6 Å². The SMILES string of the molecule is CN(C)C(=O)c1cccc(-c2cnc(Cl)c(C(=O)O)c2)c1. The van der Waals surface area contributed by atoms with Gasteiger partial charge in [-0.15, -0.1) is 0 Å². The van der Waals surface area contributed by atoms with Gasteiger partial charge in [-0.3, -0.25) is 4.79 Å². The molecule has 6 heteroatoms. The number of carbonyl (C=O) groups is 2. The molecule has 5 nitrogen and oxygen atoms in total. The van der Waals surface area contributed by atoms with Crippen LogP contribution in [-0.2, 0) is 0 Å². The molecule has 108 valence electrons. The third-order valence-electron chi connectivity index (χ3n) is 2.92. The largest absolute Gasteiger partial charge is 0.478 e. The van der Waals surface area contributed by atoms with Gasteiger partial charge in [-0.05, 0) is 23.8 Å². The van der Waals surface area contributed by atoms with Gasteiger partial charge in [0.2, 0.25) is 0 Å². The molecule has 21 heavy (non-hydrogen) atoms. The molecule has 0 atom stereocenters. The second kappa shape index (κ2) is 5.93. The summed E-state index contributed by atoms with van der Waals surface area (Å²) < 4.78 is 0. The van der Waals surface area contributed by atoms with E-state index in [1.54, 1.807) is 38.4 Å². The van der Waals surface area contributed by atoms with Crippen LogP contribution in [0.15, 0.2) is 36.5 Å². The molecule has 0 fully saturated rings. The van der Waals surface area contributed by atoms with Crippen LogP contribution in [0.5, 0.6) is 0 Å². The number of rotatable bonds is 3. The standard InChI is InChI=1S/C15H13ClN2O3/c1-18(2)14(19)10-5-3-4-9(6-10)11-7-12(15(20)21)13(16)17-8-11/h3-8H,1-2H3,(H,20,21). The maximum Gasteiger partial charge on any atom is 0.338 e. The summed E-state index contributed by atoms with van der Waals surface area (Å²) in [6.07, 6.45) is 1.48. The van der Waals surface area contributed by atoms with Gasteiger partial charge < -0.3 is 10.0 Å². The molecule has 2 rings (SSSR count). The van der Waals surface area contributed by atoms with Gasteiger partial charge in [0.1, 0.15) is 5.15 Å². The normalized spacial score (nSPS) is 10.2. The molecule has 1 aromatic heterocycles. The molecule has 1 heterocycles. The molecule has 0 radical (unpaired) electrons. The lowest BCUT2D eigenvalue weighted by Gasteiger charge is -2.11. The zero-order chi connectivity index (χ0) is 15.6.